The molecule has 0 radical (unpaired) electrons. The van der Waals surface area contributed by atoms with Crippen molar-refractivity contribution in [2.24, 2.45) is 0 Å². The van der Waals surface area contributed by atoms with E-state index in [-0.39, 0.29) is 0 Å². The molecule has 14 rings (SSSR count). The van der Waals surface area contributed by atoms with Gasteiger partial charge in [0.1, 0.15) is 33.7 Å². The maximum absolute atomic E-state index is 6.67. The van der Waals surface area contributed by atoms with Crippen LogP contribution in [-0.4, -0.2) is 15.0 Å². The Morgan fingerprint density at radius 2 is 0.841 bits per heavy atom. The van der Waals surface area contributed by atoms with Gasteiger partial charge in [-0.1, -0.05) is 121 Å². The quantitative estimate of drug-likeness (QED) is 0.165. The number of allylic oxidation sites excluding steroid dienone is 1. The minimum absolute atomic E-state index is 0.559. The van der Waals surface area contributed by atoms with Crippen molar-refractivity contribution in [3.05, 3.63) is 187 Å². The summed E-state index contributed by atoms with van der Waals surface area (Å²) in [5.74, 6) is 2.76. The molecule has 13 aromatic rings. The van der Waals surface area contributed by atoms with Gasteiger partial charge in [-0.3, -0.25) is 0 Å². The fourth-order valence-corrected chi connectivity index (χ4v) is 10.1. The summed E-state index contributed by atoms with van der Waals surface area (Å²) in [4.78, 5) is 15.8. The van der Waals surface area contributed by atoms with Crippen molar-refractivity contribution in [3.63, 3.8) is 0 Å². The van der Waals surface area contributed by atoms with Crippen molar-refractivity contribution >= 4 is 98.8 Å². The lowest BCUT2D eigenvalue weighted by Crippen LogP contribution is -2.00. The Hall–Kier alpha value is -8.35. The molecule has 0 saturated carbocycles. The molecule has 0 unspecified atom stereocenters. The predicted octanol–water partition coefficient (Wildman–Crippen LogP) is 15.4. The summed E-state index contributed by atoms with van der Waals surface area (Å²) in [5.41, 5.74) is 10.3. The molecule has 294 valence electrons. The third-order valence-corrected chi connectivity index (χ3v) is 13.0. The monoisotopic (exact) mass is 807 g/mol. The SMILES string of the molecule is C1=C(c2ccc3c(c2)oc2cccc(-c4nc(-c5ccc6c(c5)oc5ccccc56)nc(-c5ccc6c7ccccc7c7ccccc7c6c5)n4)c23)CCc2oc3ccccc3c21. The van der Waals surface area contributed by atoms with Gasteiger partial charge in [0.25, 0.3) is 0 Å². The van der Waals surface area contributed by atoms with E-state index >= 15 is 0 Å². The molecule has 0 aliphatic heterocycles. The number of nitrogens with zero attached hydrogens (tertiary/aromatic N) is 3. The average Bonchev–Trinajstić information content (AvgIpc) is 4.04. The van der Waals surface area contributed by atoms with Crippen LogP contribution in [0.15, 0.2) is 183 Å². The zero-order valence-corrected chi connectivity index (χ0v) is 33.7. The lowest BCUT2D eigenvalue weighted by atomic mass is 9.91. The van der Waals surface area contributed by atoms with Crippen molar-refractivity contribution in [3.8, 4) is 34.2 Å². The molecule has 1 aliphatic rings. The number of aromatic nitrogens is 3. The molecule has 0 bridgehead atoms. The van der Waals surface area contributed by atoms with E-state index in [0.29, 0.717) is 17.5 Å². The minimum Gasteiger partial charge on any atom is -0.460 e. The summed E-state index contributed by atoms with van der Waals surface area (Å²) in [7, 11) is 0. The molecule has 4 heterocycles. The molecule has 0 atom stereocenters. The van der Waals surface area contributed by atoms with Crippen LogP contribution in [0.4, 0.5) is 0 Å². The maximum atomic E-state index is 6.67. The molecule has 0 N–H and O–H groups in total. The van der Waals surface area contributed by atoms with Gasteiger partial charge < -0.3 is 13.3 Å². The first-order valence-electron chi connectivity index (χ1n) is 21.4. The molecule has 9 aromatic carbocycles. The van der Waals surface area contributed by atoms with Gasteiger partial charge in [0.05, 0.1) is 0 Å². The number of hydrogen-bond acceptors (Lipinski definition) is 6. The molecule has 4 aromatic heterocycles. The van der Waals surface area contributed by atoms with Crippen molar-refractivity contribution in [1.29, 1.82) is 0 Å². The molecule has 0 spiro atoms. The molecular weight excluding hydrogens is 775 g/mol. The number of para-hydroxylation sites is 2. The zero-order chi connectivity index (χ0) is 41.2. The van der Waals surface area contributed by atoms with E-state index in [2.05, 4.69) is 127 Å². The first-order chi connectivity index (χ1) is 31.2. The number of benzene rings is 9. The van der Waals surface area contributed by atoms with Crippen LogP contribution in [-0.2, 0) is 6.42 Å². The van der Waals surface area contributed by atoms with Crippen LogP contribution in [0.5, 0.6) is 0 Å². The van der Waals surface area contributed by atoms with Gasteiger partial charge in [-0.15, -0.1) is 0 Å². The van der Waals surface area contributed by atoms with Gasteiger partial charge in [0.15, 0.2) is 17.5 Å². The fourth-order valence-electron chi connectivity index (χ4n) is 10.1. The summed E-state index contributed by atoms with van der Waals surface area (Å²) >= 11 is 0. The van der Waals surface area contributed by atoms with Gasteiger partial charge in [-0.05, 0) is 104 Å². The minimum atomic E-state index is 0.559. The van der Waals surface area contributed by atoms with E-state index in [0.717, 1.165) is 101 Å². The molecule has 0 amide bonds. The van der Waals surface area contributed by atoms with Gasteiger partial charge in [0.2, 0.25) is 0 Å². The van der Waals surface area contributed by atoms with E-state index in [4.69, 9.17) is 28.2 Å². The fraction of sp³-hybridized carbons (Fsp3) is 0.0351. The van der Waals surface area contributed by atoms with Crippen LogP contribution in [0.2, 0.25) is 0 Å². The van der Waals surface area contributed by atoms with Gasteiger partial charge >= 0.3 is 0 Å². The first kappa shape index (κ1) is 34.4. The van der Waals surface area contributed by atoms with Gasteiger partial charge in [-0.25, -0.2) is 15.0 Å². The smallest absolute Gasteiger partial charge is 0.164 e. The molecule has 1 aliphatic carbocycles. The summed E-state index contributed by atoms with van der Waals surface area (Å²) in [6.45, 7) is 0. The van der Waals surface area contributed by atoms with Crippen LogP contribution in [0.1, 0.15) is 23.3 Å². The Morgan fingerprint density at radius 1 is 0.333 bits per heavy atom. The first-order valence-corrected chi connectivity index (χ1v) is 21.4. The van der Waals surface area contributed by atoms with Gasteiger partial charge in [-0.2, -0.15) is 0 Å². The van der Waals surface area contributed by atoms with Gasteiger partial charge in [0, 0.05) is 55.6 Å². The van der Waals surface area contributed by atoms with Crippen molar-refractivity contribution in [1.82, 2.24) is 15.0 Å². The number of furan rings is 3. The molecule has 0 fully saturated rings. The van der Waals surface area contributed by atoms with Crippen LogP contribution in [0, 0.1) is 0 Å². The predicted molar refractivity (Wildman–Crippen MR) is 256 cm³/mol. The van der Waals surface area contributed by atoms with E-state index in [1.54, 1.807) is 0 Å². The molecule has 63 heavy (non-hydrogen) atoms. The third-order valence-electron chi connectivity index (χ3n) is 13.0. The largest absolute Gasteiger partial charge is 0.460 e. The summed E-state index contributed by atoms with van der Waals surface area (Å²) < 4.78 is 19.2. The molecular formula is C57H33N3O3. The van der Waals surface area contributed by atoms with Crippen LogP contribution < -0.4 is 0 Å². The van der Waals surface area contributed by atoms with Crippen molar-refractivity contribution < 1.29 is 13.3 Å². The number of hydrogen-bond donors (Lipinski definition) is 0. The highest BCUT2D eigenvalue weighted by molar-refractivity contribution is 6.25. The number of fused-ring (bicyclic) bond motifs is 15. The van der Waals surface area contributed by atoms with Crippen LogP contribution in [0.25, 0.3) is 133 Å². The Bertz CT molecular complexity index is 4080. The van der Waals surface area contributed by atoms with Crippen LogP contribution in [0.3, 0.4) is 0 Å². The second-order valence-corrected chi connectivity index (χ2v) is 16.6. The van der Waals surface area contributed by atoms with E-state index in [9.17, 15) is 0 Å². The van der Waals surface area contributed by atoms with Crippen molar-refractivity contribution in [2.75, 3.05) is 0 Å². The summed E-state index contributed by atoms with van der Waals surface area (Å²) in [6, 6.07) is 59.2. The van der Waals surface area contributed by atoms with E-state index < -0.39 is 0 Å². The summed E-state index contributed by atoms with van der Waals surface area (Å²) in [6.07, 6.45) is 4.03. The highest BCUT2D eigenvalue weighted by Crippen LogP contribution is 2.42. The average molecular weight is 808 g/mol. The van der Waals surface area contributed by atoms with E-state index in [1.165, 1.54) is 38.1 Å². The standard InChI is InChI=1S/C57H33N3O3/c1-2-12-38-36(10-1)37-11-3-4-13-39(37)46-29-34(21-24-40(38)46)55-58-56(35-22-25-43-41-14-5-7-17-48(41)62-52(43)31-35)60-57(59-55)45-16-9-19-51-54(45)44-26-20-33(30-53(44)63-51)32-23-27-50-47(28-32)42-15-6-8-18-49(42)61-50/h1-22,24-26,28-31H,23,27H2. The topological polar surface area (TPSA) is 78.1 Å². The Labute approximate surface area is 359 Å². The number of rotatable bonds is 4. The van der Waals surface area contributed by atoms with E-state index in [1.807, 2.05) is 48.5 Å². The highest BCUT2D eigenvalue weighted by Gasteiger charge is 2.22. The lowest BCUT2D eigenvalue weighted by molar-refractivity contribution is 0.548. The highest BCUT2D eigenvalue weighted by atomic mass is 16.3. The molecule has 0 saturated heterocycles. The molecule has 6 nitrogen and oxygen atoms in total. The van der Waals surface area contributed by atoms with Crippen molar-refractivity contribution in [2.45, 2.75) is 12.8 Å². The molecule has 6 heteroatoms. The Morgan fingerprint density at radius 3 is 1.60 bits per heavy atom. The van der Waals surface area contributed by atoms with Crippen LogP contribution >= 0.6 is 0 Å². The lowest BCUT2D eigenvalue weighted by Gasteiger charge is -2.13. The second-order valence-electron chi connectivity index (χ2n) is 16.6. The third kappa shape index (κ3) is 5.22. The Kier molecular flexibility index (Phi) is 7.13. The summed E-state index contributed by atoms with van der Waals surface area (Å²) in [5, 5.41) is 12.5. The number of aryl methyl sites for hydroxylation is 1. The maximum Gasteiger partial charge on any atom is 0.164 e. The second kappa shape index (κ2) is 13.1. The normalized spacial score (nSPS) is 13.0. The Balaban J connectivity index is 0.961. The zero-order valence-electron chi connectivity index (χ0n) is 33.7.